The van der Waals surface area contributed by atoms with Crippen molar-refractivity contribution >= 4 is 49.4 Å². The molecule has 150 valence electrons. The van der Waals surface area contributed by atoms with Gasteiger partial charge in [0.05, 0.1) is 11.3 Å². The van der Waals surface area contributed by atoms with Gasteiger partial charge in [-0.1, -0.05) is 70.9 Å². The normalized spacial score (nSPS) is 15.3. The second-order valence-electron chi connectivity index (χ2n) is 7.05. The Hall–Kier alpha value is -2.84. The van der Waals surface area contributed by atoms with Crippen LogP contribution in [0.5, 0.6) is 0 Å². The molecule has 0 spiro atoms. The number of carbonyl (C=O) groups is 1. The Balaban J connectivity index is 1.70. The molecular weight excluding hydrogens is 464 g/mol. The van der Waals surface area contributed by atoms with E-state index in [1.54, 1.807) is 4.90 Å². The molecular formula is C22H17BrN4O2S. The highest BCUT2D eigenvalue weighted by atomic mass is 79.9. The molecule has 2 aromatic carbocycles. The SMILES string of the molecule is CCCCN1C(=O)/C(=c2\sc3nc(-c4ccccc4Br)nn3c2=O)c2ccccc21. The summed E-state index contributed by atoms with van der Waals surface area (Å²) in [6, 6.07) is 15.2. The summed E-state index contributed by atoms with van der Waals surface area (Å²) in [5, 5.41) is 4.42. The van der Waals surface area contributed by atoms with Gasteiger partial charge in [-0.25, -0.2) is 0 Å². The Morgan fingerprint density at radius 2 is 1.77 bits per heavy atom. The van der Waals surface area contributed by atoms with Crippen LogP contribution in [0.3, 0.4) is 0 Å². The van der Waals surface area contributed by atoms with E-state index in [4.69, 9.17) is 0 Å². The minimum Gasteiger partial charge on any atom is -0.308 e. The van der Waals surface area contributed by atoms with E-state index in [9.17, 15) is 9.59 Å². The molecule has 0 aliphatic carbocycles. The van der Waals surface area contributed by atoms with Crippen LogP contribution in [0.15, 0.2) is 57.8 Å². The molecule has 3 heterocycles. The first-order valence-electron chi connectivity index (χ1n) is 9.70. The maximum absolute atomic E-state index is 13.3. The summed E-state index contributed by atoms with van der Waals surface area (Å²) in [5.41, 5.74) is 2.61. The number of aromatic nitrogens is 3. The van der Waals surface area contributed by atoms with Gasteiger partial charge in [0.2, 0.25) is 4.96 Å². The van der Waals surface area contributed by atoms with E-state index in [-0.39, 0.29) is 11.5 Å². The van der Waals surface area contributed by atoms with E-state index < -0.39 is 0 Å². The summed E-state index contributed by atoms with van der Waals surface area (Å²) in [4.78, 5) is 33.2. The van der Waals surface area contributed by atoms with Crippen LogP contribution in [0.25, 0.3) is 21.9 Å². The molecule has 30 heavy (non-hydrogen) atoms. The van der Waals surface area contributed by atoms with Gasteiger partial charge in [0, 0.05) is 22.1 Å². The van der Waals surface area contributed by atoms with Gasteiger partial charge < -0.3 is 4.90 Å². The van der Waals surface area contributed by atoms with Crippen LogP contribution in [-0.4, -0.2) is 27.0 Å². The van der Waals surface area contributed by atoms with Crippen molar-refractivity contribution in [1.82, 2.24) is 14.6 Å². The van der Waals surface area contributed by atoms with Gasteiger partial charge in [-0.3, -0.25) is 9.59 Å². The van der Waals surface area contributed by atoms with Gasteiger partial charge in [-0.2, -0.15) is 9.50 Å². The lowest BCUT2D eigenvalue weighted by molar-refractivity contribution is -0.113. The molecule has 0 N–H and O–H groups in total. The number of hydrogen-bond donors (Lipinski definition) is 0. The summed E-state index contributed by atoms with van der Waals surface area (Å²) in [5.74, 6) is 0.349. The van der Waals surface area contributed by atoms with Crippen molar-refractivity contribution in [2.75, 3.05) is 11.4 Å². The zero-order chi connectivity index (χ0) is 20.8. The third-order valence-corrected chi connectivity index (χ3v) is 6.88. The molecule has 0 unspecified atom stereocenters. The average molecular weight is 481 g/mol. The predicted molar refractivity (Wildman–Crippen MR) is 122 cm³/mol. The highest BCUT2D eigenvalue weighted by Gasteiger charge is 2.33. The van der Waals surface area contributed by atoms with E-state index in [1.807, 2.05) is 48.5 Å². The first kappa shape index (κ1) is 19.1. The summed E-state index contributed by atoms with van der Waals surface area (Å²) >= 11 is 4.71. The van der Waals surface area contributed by atoms with Crippen LogP contribution in [0, 0.1) is 0 Å². The molecule has 4 aromatic rings. The predicted octanol–water partition coefficient (Wildman–Crippen LogP) is 3.65. The number of unbranched alkanes of at least 4 members (excludes halogenated alkanes) is 1. The summed E-state index contributed by atoms with van der Waals surface area (Å²) in [6.45, 7) is 2.73. The molecule has 0 bridgehead atoms. The largest absolute Gasteiger partial charge is 0.308 e. The number of hydrogen-bond acceptors (Lipinski definition) is 5. The minimum atomic E-state index is -0.309. The van der Waals surface area contributed by atoms with Crippen molar-refractivity contribution in [2.24, 2.45) is 0 Å². The molecule has 0 radical (unpaired) electrons. The number of halogens is 1. The van der Waals surface area contributed by atoms with Crippen molar-refractivity contribution in [3.8, 4) is 11.4 Å². The van der Waals surface area contributed by atoms with E-state index in [1.165, 1.54) is 15.9 Å². The molecule has 8 heteroatoms. The van der Waals surface area contributed by atoms with Crippen molar-refractivity contribution in [1.29, 1.82) is 0 Å². The van der Waals surface area contributed by atoms with E-state index in [0.29, 0.717) is 27.4 Å². The minimum absolute atomic E-state index is 0.128. The molecule has 1 aliphatic rings. The number of rotatable bonds is 4. The monoisotopic (exact) mass is 480 g/mol. The lowest BCUT2D eigenvalue weighted by Crippen LogP contribution is -2.33. The van der Waals surface area contributed by atoms with Gasteiger partial charge in [0.15, 0.2) is 5.82 Å². The Kier molecular flexibility index (Phi) is 4.75. The van der Waals surface area contributed by atoms with Gasteiger partial charge in [0.1, 0.15) is 4.53 Å². The first-order chi connectivity index (χ1) is 14.6. The smallest absolute Gasteiger partial charge is 0.291 e. The zero-order valence-corrected chi connectivity index (χ0v) is 18.5. The van der Waals surface area contributed by atoms with Crippen LogP contribution in [0.2, 0.25) is 0 Å². The van der Waals surface area contributed by atoms with Crippen molar-refractivity contribution < 1.29 is 4.79 Å². The number of para-hydroxylation sites is 1. The Bertz CT molecular complexity index is 1410. The van der Waals surface area contributed by atoms with Crippen molar-refractivity contribution in [2.45, 2.75) is 19.8 Å². The van der Waals surface area contributed by atoms with E-state index >= 15 is 0 Å². The van der Waals surface area contributed by atoms with Crippen LogP contribution >= 0.6 is 27.3 Å². The van der Waals surface area contributed by atoms with Gasteiger partial charge in [-0.15, -0.1) is 5.10 Å². The van der Waals surface area contributed by atoms with Crippen LogP contribution in [-0.2, 0) is 4.79 Å². The number of amides is 1. The average Bonchev–Trinajstić information content (AvgIpc) is 3.37. The molecule has 0 fully saturated rings. The number of fused-ring (bicyclic) bond motifs is 2. The Morgan fingerprint density at radius 1 is 1.03 bits per heavy atom. The lowest BCUT2D eigenvalue weighted by Gasteiger charge is -2.16. The second kappa shape index (κ2) is 7.45. The van der Waals surface area contributed by atoms with Gasteiger partial charge in [0.25, 0.3) is 11.5 Å². The topological polar surface area (TPSA) is 67.6 Å². The Morgan fingerprint density at radius 3 is 2.50 bits per heavy atom. The fraction of sp³-hybridized carbons (Fsp3) is 0.182. The summed E-state index contributed by atoms with van der Waals surface area (Å²) < 4.78 is 2.55. The Labute approximate surface area is 184 Å². The molecule has 0 saturated carbocycles. The second-order valence-corrected chi connectivity index (χ2v) is 8.88. The maximum Gasteiger partial charge on any atom is 0.291 e. The molecule has 5 rings (SSSR count). The molecule has 1 amide bonds. The standard InChI is InChI=1S/C22H17BrN4O2S/c1-2-3-12-26-16-11-7-5-9-14(16)17(20(26)28)18-21(29)27-22(30-18)24-19(25-27)13-8-4-6-10-15(13)23/h4-11H,2-3,12H2,1H3/b18-17-. The van der Waals surface area contributed by atoms with Gasteiger partial charge >= 0.3 is 0 Å². The highest BCUT2D eigenvalue weighted by Crippen LogP contribution is 2.35. The highest BCUT2D eigenvalue weighted by molar-refractivity contribution is 9.10. The number of carbonyl (C=O) groups excluding carboxylic acids is 1. The van der Waals surface area contributed by atoms with Crippen LogP contribution < -0.4 is 15.0 Å². The fourth-order valence-electron chi connectivity index (χ4n) is 3.68. The summed E-state index contributed by atoms with van der Waals surface area (Å²) in [7, 11) is 0. The number of anilines is 1. The lowest BCUT2D eigenvalue weighted by atomic mass is 10.1. The third kappa shape index (κ3) is 2.90. The van der Waals surface area contributed by atoms with E-state index in [2.05, 4.69) is 32.9 Å². The molecule has 0 saturated heterocycles. The maximum atomic E-state index is 13.3. The quantitative estimate of drug-likeness (QED) is 0.447. The number of benzene rings is 2. The van der Waals surface area contributed by atoms with Crippen molar-refractivity contribution in [3.63, 3.8) is 0 Å². The van der Waals surface area contributed by atoms with Gasteiger partial charge in [-0.05, 0) is 24.6 Å². The molecule has 0 atom stereocenters. The van der Waals surface area contributed by atoms with Crippen molar-refractivity contribution in [3.05, 3.63) is 73.5 Å². The molecule has 1 aliphatic heterocycles. The van der Waals surface area contributed by atoms with Crippen LogP contribution in [0.1, 0.15) is 25.3 Å². The molecule has 2 aromatic heterocycles. The van der Waals surface area contributed by atoms with Crippen LogP contribution in [0.4, 0.5) is 5.69 Å². The number of nitrogens with zero attached hydrogens (tertiary/aromatic N) is 4. The number of thiazole rings is 1. The third-order valence-electron chi connectivity index (χ3n) is 5.16. The molecule has 6 nitrogen and oxygen atoms in total. The summed E-state index contributed by atoms with van der Waals surface area (Å²) in [6.07, 6.45) is 1.89. The zero-order valence-electron chi connectivity index (χ0n) is 16.1. The fourth-order valence-corrected chi connectivity index (χ4v) is 5.14. The van der Waals surface area contributed by atoms with E-state index in [0.717, 1.165) is 34.1 Å². The first-order valence-corrected chi connectivity index (χ1v) is 11.3.